The van der Waals surface area contributed by atoms with Gasteiger partial charge in [-0.2, -0.15) is 0 Å². The van der Waals surface area contributed by atoms with Crippen LogP contribution in [0.3, 0.4) is 0 Å². The van der Waals surface area contributed by atoms with Crippen LogP contribution in [0.4, 0.5) is 4.79 Å². The first-order chi connectivity index (χ1) is 17.8. The van der Waals surface area contributed by atoms with E-state index in [0.717, 1.165) is 30.7 Å². The Morgan fingerprint density at radius 2 is 1.95 bits per heavy atom. The second-order valence-electron chi connectivity index (χ2n) is 10.7. The summed E-state index contributed by atoms with van der Waals surface area (Å²) >= 11 is 1.09. The lowest BCUT2D eigenvalue weighted by atomic mass is 9.91. The van der Waals surface area contributed by atoms with Crippen molar-refractivity contribution in [1.82, 2.24) is 25.4 Å². The van der Waals surface area contributed by atoms with Crippen molar-refractivity contribution < 1.29 is 29.0 Å². The monoisotopic (exact) mass is 553 g/mol. The summed E-state index contributed by atoms with van der Waals surface area (Å²) in [6.07, 6.45) is 1.01. The molecule has 1 aromatic heterocycles. The quantitative estimate of drug-likeness (QED) is 0.359. The lowest BCUT2D eigenvalue weighted by molar-refractivity contribution is -0.142. The number of nitrogens with one attached hydrogen (secondary N) is 2. The van der Waals surface area contributed by atoms with Crippen LogP contribution in [0.15, 0.2) is 5.38 Å². The summed E-state index contributed by atoms with van der Waals surface area (Å²) in [6, 6.07) is -1.11. The van der Waals surface area contributed by atoms with E-state index in [4.69, 9.17) is 4.74 Å². The van der Waals surface area contributed by atoms with E-state index in [1.54, 1.807) is 11.9 Å². The molecule has 0 aliphatic carbocycles. The largest absolute Gasteiger partial charge is 0.476 e. The summed E-state index contributed by atoms with van der Waals surface area (Å²) in [4.78, 5) is 58.6. The van der Waals surface area contributed by atoms with Crippen molar-refractivity contribution >= 4 is 35.2 Å². The molecule has 1 aliphatic heterocycles. The van der Waals surface area contributed by atoms with E-state index in [0.29, 0.717) is 11.4 Å². The number of amides is 3. The summed E-state index contributed by atoms with van der Waals surface area (Å²) in [5.41, 5.74) is -0.799. The third-order valence-electron chi connectivity index (χ3n) is 7.79. The van der Waals surface area contributed by atoms with Crippen LogP contribution in [0, 0.1) is 11.8 Å². The van der Waals surface area contributed by atoms with E-state index < -0.39 is 29.7 Å². The van der Waals surface area contributed by atoms with Gasteiger partial charge in [0.2, 0.25) is 11.8 Å². The zero-order valence-corrected chi connectivity index (χ0v) is 24.6. The van der Waals surface area contributed by atoms with Gasteiger partial charge >= 0.3 is 12.1 Å². The van der Waals surface area contributed by atoms with Gasteiger partial charge in [-0.25, -0.2) is 14.6 Å². The zero-order valence-electron chi connectivity index (χ0n) is 23.7. The number of carbonyl (C=O) groups excluding carboxylic acids is 3. The Kier molecular flexibility index (Phi) is 11.1. The molecule has 0 saturated carbocycles. The highest BCUT2D eigenvalue weighted by atomic mass is 32.1. The van der Waals surface area contributed by atoms with Gasteiger partial charge in [0.1, 0.15) is 11.0 Å². The third kappa shape index (κ3) is 7.22. The highest BCUT2D eigenvalue weighted by Gasteiger charge is 2.44. The lowest BCUT2D eigenvalue weighted by Gasteiger charge is -2.38. The number of nitrogens with zero attached hydrogens (tertiary/aromatic N) is 3. The van der Waals surface area contributed by atoms with Crippen molar-refractivity contribution in [1.29, 1.82) is 0 Å². The van der Waals surface area contributed by atoms with Crippen LogP contribution in [-0.4, -0.2) is 89.1 Å². The van der Waals surface area contributed by atoms with Gasteiger partial charge in [0, 0.05) is 31.9 Å². The number of hydrogen-bond acceptors (Lipinski definition) is 8. The number of carboxylic acid groups (broad SMARTS) is 1. The number of aromatic nitrogens is 1. The molecule has 2 heterocycles. The Bertz CT molecular complexity index is 1000. The van der Waals surface area contributed by atoms with Crippen molar-refractivity contribution in [2.45, 2.75) is 84.0 Å². The molecule has 0 aromatic carbocycles. The first-order valence-electron chi connectivity index (χ1n) is 13.1. The lowest BCUT2D eigenvalue weighted by Crippen LogP contribution is -2.60. The molecule has 1 saturated heterocycles. The van der Waals surface area contributed by atoms with Gasteiger partial charge in [0.15, 0.2) is 11.8 Å². The standard InChI is InChI=1S/C26H43N5O6S/c1-9-16(4)20(29-24(35)26(5)11-10-12-30(26)7)22(32)31(8)18(15(2)3)13-19(37-25(36)27-6)21-28-17(14-38-21)23(33)34/h14-16,18-20H,9-13H2,1-8H3,(H,27,36)(H,29,35)(H,33,34)/t16-,18+,19+,20-,26+/m0/s1. The third-order valence-corrected chi connectivity index (χ3v) is 8.73. The SMILES string of the molecule is CC[C@H](C)[C@H](NC(=O)[C@@]1(C)CCCN1C)C(=O)N(C)[C@H](C[C@@H](OC(=O)NC)c1nc(C(=O)O)cs1)C(C)C. The van der Waals surface area contributed by atoms with E-state index in [9.17, 15) is 24.3 Å². The normalized spacial score (nSPS) is 20.9. The first kappa shape index (κ1) is 31.5. The van der Waals surface area contributed by atoms with E-state index >= 15 is 0 Å². The van der Waals surface area contributed by atoms with Crippen molar-refractivity contribution in [3.8, 4) is 0 Å². The zero-order chi connectivity index (χ0) is 28.8. The molecule has 2 rings (SSSR count). The smallest absolute Gasteiger partial charge is 0.407 e. The van der Waals surface area contributed by atoms with Crippen LogP contribution in [0.2, 0.25) is 0 Å². The average Bonchev–Trinajstić information content (AvgIpc) is 3.51. The fraction of sp³-hybridized carbons (Fsp3) is 0.731. The molecule has 3 N–H and O–H groups in total. The minimum absolute atomic E-state index is 0.0367. The molecule has 0 spiro atoms. The Morgan fingerprint density at radius 1 is 1.29 bits per heavy atom. The molecule has 38 heavy (non-hydrogen) atoms. The van der Waals surface area contributed by atoms with Gasteiger partial charge in [0.05, 0.1) is 5.54 Å². The van der Waals surface area contributed by atoms with Gasteiger partial charge in [0.25, 0.3) is 0 Å². The fourth-order valence-corrected chi connectivity index (χ4v) is 5.60. The van der Waals surface area contributed by atoms with Crippen molar-refractivity contribution in [3.63, 3.8) is 0 Å². The number of thiazole rings is 1. The summed E-state index contributed by atoms with van der Waals surface area (Å²) in [5.74, 6) is -1.69. The summed E-state index contributed by atoms with van der Waals surface area (Å²) in [7, 11) is 5.05. The Morgan fingerprint density at radius 3 is 2.42 bits per heavy atom. The van der Waals surface area contributed by atoms with Gasteiger partial charge in [-0.3, -0.25) is 14.5 Å². The predicted octanol–water partition coefficient (Wildman–Crippen LogP) is 3.13. The second kappa shape index (κ2) is 13.4. The molecule has 214 valence electrons. The van der Waals surface area contributed by atoms with Gasteiger partial charge < -0.3 is 25.4 Å². The van der Waals surface area contributed by atoms with Gasteiger partial charge in [-0.05, 0) is 45.2 Å². The molecule has 3 amide bonds. The summed E-state index contributed by atoms with van der Waals surface area (Å²) in [5, 5.41) is 16.5. The van der Waals surface area contributed by atoms with E-state index in [1.807, 2.05) is 46.6 Å². The number of carbonyl (C=O) groups is 4. The number of alkyl carbamates (subject to hydrolysis) is 1. The Labute approximate surface area is 229 Å². The van der Waals surface area contributed by atoms with Crippen LogP contribution in [-0.2, 0) is 14.3 Å². The van der Waals surface area contributed by atoms with Crippen LogP contribution < -0.4 is 10.6 Å². The fourth-order valence-electron chi connectivity index (χ4n) is 4.77. The molecule has 1 fully saturated rings. The van der Waals surface area contributed by atoms with Crippen LogP contribution >= 0.6 is 11.3 Å². The molecule has 0 bridgehead atoms. The number of carboxylic acids is 1. The second-order valence-corrected chi connectivity index (χ2v) is 11.5. The number of hydrogen-bond donors (Lipinski definition) is 3. The van der Waals surface area contributed by atoms with Gasteiger partial charge in [-0.15, -0.1) is 11.3 Å². The average molecular weight is 554 g/mol. The molecule has 5 atom stereocenters. The Balaban J connectivity index is 2.32. The molecular weight excluding hydrogens is 510 g/mol. The molecule has 0 radical (unpaired) electrons. The van der Waals surface area contributed by atoms with Crippen molar-refractivity contribution in [2.24, 2.45) is 11.8 Å². The van der Waals surface area contributed by atoms with E-state index in [-0.39, 0.29) is 41.8 Å². The molecule has 11 nitrogen and oxygen atoms in total. The highest BCUT2D eigenvalue weighted by molar-refractivity contribution is 7.09. The van der Waals surface area contributed by atoms with Gasteiger partial charge in [-0.1, -0.05) is 34.1 Å². The highest BCUT2D eigenvalue weighted by Crippen LogP contribution is 2.31. The van der Waals surface area contributed by atoms with Crippen molar-refractivity contribution in [2.75, 3.05) is 27.7 Å². The molecule has 1 aliphatic rings. The Hall–Kier alpha value is -2.73. The molecule has 0 unspecified atom stereocenters. The number of likely N-dealkylation sites (tertiary alicyclic amines) is 1. The summed E-state index contributed by atoms with van der Waals surface area (Å²) in [6.45, 7) is 10.6. The number of ether oxygens (including phenoxy) is 1. The topological polar surface area (TPSA) is 141 Å². The van der Waals surface area contributed by atoms with Crippen LogP contribution in [0.25, 0.3) is 0 Å². The summed E-state index contributed by atoms with van der Waals surface area (Å²) < 4.78 is 5.57. The molecule has 12 heteroatoms. The maximum atomic E-state index is 13.9. The number of aromatic carboxylic acids is 1. The predicted molar refractivity (Wildman–Crippen MR) is 145 cm³/mol. The van der Waals surface area contributed by atoms with Crippen LogP contribution in [0.5, 0.6) is 0 Å². The van der Waals surface area contributed by atoms with E-state index in [2.05, 4.69) is 15.6 Å². The molecular formula is C26H43N5O6S. The maximum absolute atomic E-state index is 13.9. The first-order valence-corrected chi connectivity index (χ1v) is 14.0. The minimum Gasteiger partial charge on any atom is -0.476 e. The van der Waals surface area contributed by atoms with E-state index in [1.165, 1.54) is 12.4 Å². The molecule has 1 aromatic rings. The van der Waals surface area contributed by atoms with Crippen LogP contribution in [0.1, 0.15) is 81.9 Å². The minimum atomic E-state index is -1.17. The number of rotatable bonds is 12. The maximum Gasteiger partial charge on any atom is 0.407 e. The number of likely N-dealkylation sites (N-methyl/N-ethyl adjacent to an activating group) is 2. The van der Waals surface area contributed by atoms with Crippen molar-refractivity contribution in [3.05, 3.63) is 16.1 Å².